The zero-order valence-corrected chi connectivity index (χ0v) is 24.3. The van der Waals surface area contributed by atoms with Gasteiger partial charge in [-0.05, 0) is 40.1 Å². The molecule has 0 aliphatic carbocycles. The molecule has 0 N–H and O–H groups in total. The van der Waals surface area contributed by atoms with Gasteiger partial charge in [0.05, 0.1) is 12.1 Å². The Morgan fingerprint density at radius 3 is 2.28 bits per heavy atom. The average Bonchev–Trinajstić information content (AvgIpc) is 3.73. The van der Waals surface area contributed by atoms with Crippen LogP contribution in [0.1, 0.15) is 48.5 Å². The minimum Gasteiger partial charge on any atom is -0.339 e. The molecule has 0 unspecified atom stereocenters. The number of hydrogen-bond acceptors (Lipinski definition) is 8. The number of benzene rings is 3. The molecule has 7 aromatic rings. The smallest absolute Gasteiger partial charge is 0.277 e. The molecule has 7 rings (SSSR count). The highest BCUT2D eigenvalue weighted by Gasteiger charge is 2.19. The number of fused-ring (bicyclic) bond motifs is 2. The van der Waals surface area contributed by atoms with Gasteiger partial charge in [0.25, 0.3) is 5.56 Å². The number of pyridine rings is 1. The fraction of sp³-hybridized carbons (Fsp3) is 0.212. The lowest BCUT2D eigenvalue weighted by Crippen LogP contribution is -2.23. The van der Waals surface area contributed by atoms with Crippen LogP contribution in [0.2, 0.25) is 0 Å². The maximum absolute atomic E-state index is 14.1. The second-order valence-corrected chi connectivity index (χ2v) is 11.0. The third-order valence-corrected chi connectivity index (χ3v) is 7.57. The third-order valence-electron chi connectivity index (χ3n) is 7.57. The standard InChI is InChI=1S/C33H29N7O3/c1-19(2)32-36-28-13-14-39(18-25-7-5-6-8-27(25)31-35-21(4)43-38-31)33(41)29(28)40(32)17-22-9-10-23-11-12-24(16-26(23)15-22)30-34-20(3)42-37-30/h5-16,19H,17-18H2,1-4H3. The largest absolute Gasteiger partial charge is 0.339 e. The van der Waals surface area contributed by atoms with E-state index in [-0.39, 0.29) is 11.5 Å². The molecule has 0 aliphatic rings. The van der Waals surface area contributed by atoms with Crippen LogP contribution in [0.15, 0.2) is 86.8 Å². The predicted molar refractivity (Wildman–Crippen MR) is 163 cm³/mol. The molecule has 4 heterocycles. The van der Waals surface area contributed by atoms with Gasteiger partial charge in [0.15, 0.2) is 0 Å². The molecule has 0 aliphatic heterocycles. The molecule has 4 aromatic heterocycles. The van der Waals surface area contributed by atoms with E-state index in [1.54, 1.807) is 18.4 Å². The van der Waals surface area contributed by atoms with Crippen molar-refractivity contribution in [2.75, 3.05) is 0 Å². The Hall–Kier alpha value is -5.38. The van der Waals surface area contributed by atoms with E-state index in [1.165, 1.54) is 0 Å². The molecular formula is C33H29N7O3. The summed E-state index contributed by atoms with van der Waals surface area (Å²) in [5.74, 6) is 3.06. The molecule has 10 nitrogen and oxygen atoms in total. The molecule has 0 amide bonds. The Balaban J connectivity index is 1.29. The Labute approximate surface area is 246 Å². The topological polar surface area (TPSA) is 118 Å². The zero-order valence-electron chi connectivity index (χ0n) is 24.3. The van der Waals surface area contributed by atoms with E-state index in [9.17, 15) is 4.79 Å². The molecule has 0 fully saturated rings. The number of aryl methyl sites for hydroxylation is 2. The lowest BCUT2D eigenvalue weighted by Gasteiger charge is -2.13. The minimum absolute atomic E-state index is 0.105. The minimum atomic E-state index is -0.105. The van der Waals surface area contributed by atoms with Crippen LogP contribution in [-0.4, -0.2) is 34.4 Å². The molecule has 10 heteroatoms. The van der Waals surface area contributed by atoms with E-state index >= 15 is 0 Å². The van der Waals surface area contributed by atoms with Crippen LogP contribution in [0.3, 0.4) is 0 Å². The summed E-state index contributed by atoms with van der Waals surface area (Å²) in [6.07, 6.45) is 1.81. The molecule has 0 atom stereocenters. The summed E-state index contributed by atoms with van der Waals surface area (Å²) in [5.41, 5.74) is 4.85. The zero-order chi connectivity index (χ0) is 29.7. The van der Waals surface area contributed by atoms with Gasteiger partial charge in [-0.1, -0.05) is 72.7 Å². The fourth-order valence-electron chi connectivity index (χ4n) is 5.52. The quantitative estimate of drug-likeness (QED) is 0.219. The predicted octanol–water partition coefficient (Wildman–Crippen LogP) is 6.29. The van der Waals surface area contributed by atoms with E-state index in [2.05, 4.69) is 69.0 Å². The van der Waals surface area contributed by atoms with Crippen LogP contribution in [0.25, 0.3) is 44.6 Å². The molecule has 0 spiro atoms. The molecule has 214 valence electrons. The van der Waals surface area contributed by atoms with Crippen molar-refractivity contribution in [1.82, 2.24) is 34.4 Å². The van der Waals surface area contributed by atoms with Crippen molar-refractivity contribution in [2.24, 2.45) is 0 Å². The number of aromatic nitrogens is 7. The highest BCUT2D eigenvalue weighted by atomic mass is 16.5. The number of hydrogen-bond donors (Lipinski definition) is 0. The van der Waals surface area contributed by atoms with Crippen molar-refractivity contribution >= 4 is 21.8 Å². The Morgan fingerprint density at radius 2 is 1.53 bits per heavy atom. The molecule has 0 saturated heterocycles. The normalized spacial score (nSPS) is 11.7. The summed E-state index contributed by atoms with van der Waals surface area (Å²) in [6.45, 7) is 8.59. The molecule has 0 saturated carbocycles. The first-order chi connectivity index (χ1) is 20.8. The van der Waals surface area contributed by atoms with E-state index < -0.39 is 0 Å². The summed E-state index contributed by atoms with van der Waals surface area (Å²) < 4.78 is 14.2. The van der Waals surface area contributed by atoms with Crippen molar-refractivity contribution in [3.63, 3.8) is 0 Å². The van der Waals surface area contributed by atoms with Crippen molar-refractivity contribution < 1.29 is 9.05 Å². The summed E-state index contributed by atoms with van der Waals surface area (Å²) in [4.78, 5) is 27.7. The van der Waals surface area contributed by atoms with Crippen LogP contribution >= 0.6 is 0 Å². The van der Waals surface area contributed by atoms with Crippen molar-refractivity contribution in [3.8, 4) is 22.8 Å². The van der Waals surface area contributed by atoms with Crippen molar-refractivity contribution in [2.45, 2.75) is 46.7 Å². The fourth-order valence-corrected chi connectivity index (χ4v) is 5.52. The van der Waals surface area contributed by atoms with Gasteiger partial charge in [-0.15, -0.1) is 0 Å². The van der Waals surface area contributed by atoms with Crippen LogP contribution in [-0.2, 0) is 13.1 Å². The molecule has 3 aromatic carbocycles. The van der Waals surface area contributed by atoms with Crippen molar-refractivity contribution in [3.05, 3.63) is 112 Å². The van der Waals surface area contributed by atoms with Crippen LogP contribution in [0.5, 0.6) is 0 Å². The summed E-state index contributed by atoms with van der Waals surface area (Å²) in [7, 11) is 0. The third kappa shape index (κ3) is 4.90. The van der Waals surface area contributed by atoms with Crippen LogP contribution in [0.4, 0.5) is 0 Å². The number of nitrogens with zero attached hydrogens (tertiary/aromatic N) is 7. The summed E-state index contributed by atoms with van der Waals surface area (Å²) in [5, 5.41) is 10.3. The Morgan fingerprint density at radius 1 is 0.791 bits per heavy atom. The van der Waals surface area contributed by atoms with Gasteiger partial charge in [0, 0.05) is 43.6 Å². The van der Waals surface area contributed by atoms with Gasteiger partial charge < -0.3 is 18.2 Å². The van der Waals surface area contributed by atoms with Gasteiger partial charge in [-0.2, -0.15) is 9.97 Å². The second-order valence-electron chi connectivity index (χ2n) is 11.0. The average molecular weight is 572 g/mol. The number of imidazole rings is 1. The first-order valence-electron chi connectivity index (χ1n) is 14.2. The van der Waals surface area contributed by atoms with Gasteiger partial charge in [-0.25, -0.2) is 4.98 Å². The van der Waals surface area contributed by atoms with Gasteiger partial charge in [0.1, 0.15) is 11.3 Å². The maximum atomic E-state index is 14.1. The van der Waals surface area contributed by atoms with Crippen LogP contribution < -0.4 is 5.56 Å². The first kappa shape index (κ1) is 26.5. The van der Waals surface area contributed by atoms with Gasteiger partial charge in [-0.3, -0.25) is 4.79 Å². The number of rotatable bonds is 7. The van der Waals surface area contributed by atoms with E-state index in [1.807, 2.05) is 42.6 Å². The molecular weight excluding hydrogens is 542 g/mol. The Bertz CT molecular complexity index is 2180. The second kappa shape index (κ2) is 10.5. The molecule has 43 heavy (non-hydrogen) atoms. The van der Waals surface area contributed by atoms with E-state index in [0.717, 1.165) is 38.9 Å². The van der Waals surface area contributed by atoms with E-state index in [4.69, 9.17) is 14.0 Å². The van der Waals surface area contributed by atoms with Gasteiger partial charge in [0.2, 0.25) is 23.4 Å². The lowest BCUT2D eigenvalue weighted by atomic mass is 10.0. The maximum Gasteiger partial charge on any atom is 0.277 e. The van der Waals surface area contributed by atoms with Gasteiger partial charge >= 0.3 is 0 Å². The summed E-state index contributed by atoms with van der Waals surface area (Å²) in [6, 6.07) is 22.2. The molecule has 0 radical (unpaired) electrons. The molecule has 0 bridgehead atoms. The van der Waals surface area contributed by atoms with Crippen LogP contribution in [0, 0.1) is 13.8 Å². The highest BCUT2D eigenvalue weighted by Crippen LogP contribution is 2.27. The monoisotopic (exact) mass is 571 g/mol. The Kier molecular flexibility index (Phi) is 6.46. The summed E-state index contributed by atoms with van der Waals surface area (Å²) >= 11 is 0. The SMILES string of the molecule is Cc1nc(-c2ccc3ccc(Cn4c(C(C)C)nc5ccn(Cc6ccccc6-c6noc(C)n6)c(=O)c54)cc3c2)no1. The first-order valence-corrected chi connectivity index (χ1v) is 14.2. The van der Waals surface area contributed by atoms with E-state index in [0.29, 0.717) is 47.6 Å². The lowest BCUT2D eigenvalue weighted by molar-refractivity contribution is 0.394. The highest BCUT2D eigenvalue weighted by molar-refractivity contribution is 5.87. The van der Waals surface area contributed by atoms with Crippen molar-refractivity contribution in [1.29, 1.82) is 0 Å².